The van der Waals surface area contributed by atoms with Crippen molar-refractivity contribution in [3.63, 3.8) is 0 Å². The second-order valence-corrected chi connectivity index (χ2v) is 4.77. The lowest BCUT2D eigenvalue weighted by Gasteiger charge is -2.34. The lowest BCUT2D eigenvalue weighted by Crippen LogP contribution is -2.44. The van der Waals surface area contributed by atoms with Gasteiger partial charge in [-0.25, -0.2) is 0 Å². The van der Waals surface area contributed by atoms with Gasteiger partial charge >= 0.3 is 0 Å². The normalized spacial score (nSPS) is 15.8. The third-order valence-electron chi connectivity index (χ3n) is 3.25. The average Bonchev–Trinajstić information content (AvgIpc) is 2.41. The van der Waals surface area contributed by atoms with Crippen molar-refractivity contribution >= 4 is 5.69 Å². The predicted octanol–water partition coefficient (Wildman–Crippen LogP) is 3.33. The molecule has 0 unspecified atom stereocenters. The standard InChI is InChI=1S/C12H18N2.C4H8/c1-11-5-3-4-6-12(11)14-9-7-13(2)8-10-14;1-3-4-2/h3-6H,7-10H2,1-2H3;3H,1,4H2,2H3. The van der Waals surface area contributed by atoms with Crippen LogP contribution in [-0.4, -0.2) is 38.1 Å². The molecular formula is C16H26N2. The minimum atomic E-state index is 1.08. The molecule has 1 aromatic rings. The highest BCUT2D eigenvalue weighted by molar-refractivity contribution is 5.53. The van der Waals surface area contributed by atoms with Gasteiger partial charge in [-0.3, -0.25) is 0 Å². The molecule has 18 heavy (non-hydrogen) atoms. The average molecular weight is 246 g/mol. The zero-order chi connectivity index (χ0) is 13.4. The van der Waals surface area contributed by atoms with E-state index in [-0.39, 0.29) is 0 Å². The Morgan fingerprint density at radius 1 is 1.17 bits per heavy atom. The third-order valence-corrected chi connectivity index (χ3v) is 3.25. The van der Waals surface area contributed by atoms with Crippen molar-refractivity contribution in [1.82, 2.24) is 4.90 Å². The summed E-state index contributed by atoms with van der Waals surface area (Å²) in [5, 5.41) is 0. The van der Waals surface area contributed by atoms with Gasteiger partial charge in [0.05, 0.1) is 0 Å². The van der Waals surface area contributed by atoms with Crippen molar-refractivity contribution < 1.29 is 0 Å². The number of piperazine rings is 1. The van der Waals surface area contributed by atoms with Crippen LogP contribution < -0.4 is 4.90 Å². The molecule has 100 valence electrons. The Hall–Kier alpha value is -1.28. The first kappa shape index (κ1) is 14.8. The highest BCUT2D eigenvalue weighted by atomic mass is 15.2. The Morgan fingerprint density at radius 3 is 2.22 bits per heavy atom. The highest BCUT2D eigenvalue weighted by Gasteiger charge is 2.14. The Bertz CT molecular complexity index is 352. The van der Waals surface area contributed by atoms with Crippen LogP contribution in [0.15, 0.2) is 36.9 Å². The van der Waals surface area contributed by atoms with Gasteiger partial charge in [0.2, 0.25) is 0 Å². The molecule has 0 saturated carbocycles. The van der Waals surface area contributed by atoms with Gasteiger partial charge < -0.3 is 9.80 Å². The molecule has 1 fully saturated rings. The number of allylic oxidation sites excluding steroid dienone is 1. The van der Waals surface area contributed by atoms with Crippen molar-refractivity contribution in [2.75, 3.05) is 38.1 Å². The Balaban J connectivity index is 0.000000357. The summed E-state index contributed by atoms with van der Waals surface area (Å²) in [4.78, 5) is 4.87. The first-order valence-electron chi connectivity index (χ1n) is 6.79. The smallest absolute Gasteiger partial charge is 0.0396 e. The third kappa shape index (κ3) is 4.53. The van der Waals surface area contributed by atoms with Gasteiger partial charge in [0.25, 0.3) is 0 Å². The molecule has 2 rings (SSSR count). The number of benzene rings is 1. The quantitative estimate of drug-likeness (QED) is 0.739. The molecule has 0 aliphatic carbocycles. The molecule has 1 aromatic carbocycles. The van der Waals surface area contributed by atoms with Crippen LogP contribution in [0.25, 0.3) is 0 Å². The summed E-state index contributed by atoms with van der Waals surface area (Å²) in [7, 11) is 2.19. The molecule has 0 atom stereocenters. The van der Waals surface area contributed by atoms with Crippen LogP contribution in [0, 0.1) is 6.92 Å². The van der Waals surface area contributed by atoms with Crippen molar-refractivity contribution in [3.05, 3.63) is 42.5 Å². The zero-order valence-corrected chi connectivity index (χ0v) is 12.0. The number of hydrogen-bond donors (Lipinski definition) is 0. The fourth-order valence-corrected chi connectivity index (χ4v) is 1.97. The van der Waals surface area contributed by atoms with Crippen LogP contribution in [0.4, 0.5) is 5.69 Å². The van der Waals surface area contributed by atoms with Crippen LogP contribution in [0.5, 0.6) is 0 Å². The molecular weight excluding hydrogens is 220 g/mol. The first-order valence-corrected chi connectivity index (χ1v) is 6.79. The summed E-state index contributed by atoms with van der Waals surface area (Å²) in [5.41, 5.74) is 2.79. The highest BCUT2D eigenvalue weighted by Crippen LogP contribution is 2.20. The first-order chi connectivity index (χ1) is 8.69. The van der Waals surface area contributed by atoms with Gasteiger partial charge in [-0.1, -0.05) is 31.2 Å². The summed E-state index contributed by atoms with van der Waals surface area (Å²) in [5.74, 6) is 0. The van der Waals surface area contributed by atoms with Crippen molar-refractivity contribution in [3.8, 4) is 0 Å². The minimum absolute atomic E-state index is 1.08. The van der Waals surface area contributed by atoms with E-state index in [0.29, 0.717) is 0 Å². The summed E-state index contributed by atoms with van der Waals surface area (Å²) in [6, 6.07) is 8.64. The minimum Gasteiger partial charge on any atom is -0.369 e. The number of hydrogen-bond acceptors (Lipinski definition) is 2. The van der Waals surface area contributed by atoms with Crippen molar-refractivity contribution in [1.29, 1.82) is 0 Å². The number of anilines is 1. The van der Waals surface area contributed by atoms with Gasteiger partial charge in [0, 0.05) is 31.9 Å². The fraction of sp³-hybridized carbons (Fsp3) is 0.500. The summed E-state index contributed by atoms with van der Waals surface area (Å²) in [6.45, 7) is 12.4. The van der Waals surface area contributed by atoms with E-state index in [1.807, 2.05) is 6.08 Å². The Morgan fingerprint density at radius 2 is 1.72 bits per heavy atom. The van der Waals surface area contributed by atoms with Gasteiger partial charge in [-0.2, -0.15) is 0 Å². The monoisotopic (exact) mass is 246 g/mol. The SMILES string of the molecule is C=CCC.Cc1ccccc1N1CCN(C)CC1. The van der Waals surface area contributed by atoms with Crippen LogP contribution in [0.2, 0.25) is 0 Å². The molecule has 0 N–H and O–H groups in total. The van der Waals surface area contributed by atoms with E-state index in [0.717, 1.165) is 19.5 Å². The number of nitrogens with zero attached hydrogens (tertiary/aromatic N) is 2. The lowest BCUT2D eigenvalue weighted by molar-refractivity contribution is 0.312. The number of aryl methyl sites for hydroxylation is 1. The van der Waals surface area contributed by atoms with E-state index in [9.17, 15) is 0 Å². The van der Waals surface area contributed by atoms with Gasteiger partial charge in [-0.15, -0.1) is 6.58 Å². The maximum atomic E-state index is 3.48. The molecule has 0 spiro atoms. The predicted molar refractivity (Wildman–Crippen MR) is 81.4 cm³/mol. The second kappa shape index (κ2) is 7.93. The molecule has 1 aliphatic rings. The molecule has 2 heteroatoms. The molecule has 0 radical (unpaired) electrons. The van der Waals surface area contributed by atoms with Gasteiger partial charge in [-0.05, 0) is 32.0 Å². The summed E-state index contributed by atoms with van der Waals surface area (Å²) < 4.78 is 0. The van der Waals surface area contributed by atoms with Gasteiger partial charge in [0.1, 0.15) is 0 Å². The van der Waals surface area contributed by atoms with Crippen molar-refractivity contribution in [2.24, 2.45) is 0 Å². The maximum Gasteiger partial charge on any atom is 0.0396 e. The second-order valence-electron chi connectivity index (χ2n) is 4.77. The number of para-hydroxylation sites is 1. The van der Waals surface area contributed by atoms with E-state index in [2.05, 4.69) is 61.5 Å². The Kier molecular flexibility index (Phi) is 6.51. The molecule has 1 heterocycles. The van der Waals surface area contributed by atoms with Crippen LogP contribution in [0.1, 0.15) is 18.9 Å². The topological polar surface area (TPSA) is 6.48 Å². The molecule has 0 aromatic heterocycles. The van der Waals surface area contributed by atoms with Crippen LogP contribution in [-0.2, 0) is 0 Å². The molecule has 0 amide bonds. The van der Waals surface area contributed by atoms with Gasteiger partial charge in [0.15, 0.2) is 0 Å². The lowest BCUT2D eigenvalue weighted by atomic mass is 10.1. The zero-order valence-electron chi connectivity index (χ0n) is 12.0. The Labute approximate surface area is 112 Å². The van der Waals surface area contributed by atoms with Crippen LogP contribution >= 0.6 is 0 Å². The fourth-order valence-electron chi connectivity index (χ4n) is 1.97. The van der Waals surface area contributed by atoms with E-state index in [1.165, 1.54) is 24.3 Å². The van der Waals surface area contributed by atoms with E-state index in [1.54, 1.807) is 0 Å². The summed E-state index contributed by atoms with van der Waals surface area (Å²) in [6.07, 6.45) is 2.96. The number of likely N-dealkylation sites (N-methyl/N-ethyl adjacent to an activating group) is 1. The molecule has 0 bridgehead atoms. The van der Waals surface area contributed by atoms with Crippen LogP contribution in [0.3, 0.4) is 0 Å². The largest absolute Gasteiger partial charge is 0.369 e. The molecule has 1 aliphatic heterocycles. The number of rotatable bonds is 2. The van der Waals surface area contributed by atoms with Crippen molar-refractivity contribution in [2.45, 2.75) is 20.3 Å². The van der Waals surface area contributed by atoms with E-state index in [4.69, 9.17) is 0 Å². The molecule has 2 nitrogen and oxygen atoms in total. The molecule has 1 saturated heterocycles. The maximum absolute atomic E-state index is 3.48. The summed E-state index contributed by atoms with van der Waals surface area (Å²) >= 11 is 0. The van der Waals surface area contributed by atoms with E-state index < -0.39 is 0 Å². The van der Waals surface area contributed by atoms with E-state index >= 15 is 0 Å².